The Hall–Kier alpha value is -2.82. The van der Waals surface area contributed by atoms with Crippen molar-refractivity contribution in [2.45, 2.75) is 28.2 Å². The zero-order valence-corrected chi connectivity index (χ0v) is 18.5. The predicted molar refractivity (Wildman–Crippen MR) is 121 cm³/mol. The zero-order valence-electron chi connectivity index (χ0n) is 16.9. The smallest absolute Gasteiger partial charge is 0.263 e. The first-order valence-electron chi connectivity index (χ1n) is 10.3. The second-order valence-electron chi connectivity index (χ2n) is 8.72. The Labute approximate surface area is 190 Å². The number of amides is 2. The molecule has 5 heterocycles. The number of rotatable bonds is 2. The van der Waals surface area contributed by atoms with Gasteiger partial charge in [-0.15, -0.1) is 0 Å². The molecule has 2 bridgehead atoms. The van der Waals surface area contributed by atoms with E-state index in [0.29, 0.717) is 12.1 Å². The maximum atomic E-state index is 13.5. The highest BCUT2D eigenvalue weighted by molar-refractivity contribution is 8.03. The number of thioether (sulfide) groups is 1. The maximum absolute atomic E-state index is 13.5. The number of carbonyl (C=O) groups is 2. The van der Waals surface area contributed by atoms with Gasteiger partial charge in [0.05, 0.1) is 11.1 Å². The molecule has 10 heteroatoms. The number of H-pyrrole nitrogens is 1. The molecule has 2 N–H and O–H groups in total. The largest absolute Gasteiger partial charge is 0.361 e. The van der Waals surface area contributed by atoms with Gasteiger partial charge in [-0.3, -0.25) is 19.0 Å². The van der Waals surface area contributed by atoms with Gasteiger partial charge < -0.3 is 9.88 Å². The average Bonchev–Trinajstić information content (AvgIpc) is 3.52. The second-order valence-corrected chi connectivity index (χ2v) is 10.9. The van der Waals surface area contributed by atoms with E-state index in [4.69, 9.17) is 0 Å². The number of nitrogens with one attached hydrogen (secondary N) is 1. The number of anilines is 1. The molecule has 32 heavy (non-hydrogen) atoms. The average molecular weight is 467 g/mol. The number of carbonyl (C=O) groups excluding carboxylic acids is 2. The van der Waals surface area contributed by atoms with E-state index >= 15 is 0 Å². The number of hydrogen-bond acceptors (Lipinski definition) is 4. The van der Waals surface area contributed by atoms with Gasteiger partial charge in [0.15, 0.2) is 10.2 Å². The molecule has 5 atom stereocenters. The summed E-state index contributed by atoms with van der Waals surface area (Å²) in [6, 6.07) is 15.4. The van der Waals surface area contributed by atoms with Crippen LogP contribution in [0.5, 0.6) is 0 Å². The van der Waals surface area contributed by atoms with Crippen LogP contribution in [0.2, 0.25) is 0 Å². The molecule has 2 amide bonds. The SMILES string of the molecule is CN1C(=O)[C@@]23C[C@]4(c5c[nH]c6ccccc56)c5ccccc5N(S(=O)O)[C@@H]4N2C(=O)[C@@H]1S3. The maximum Gasteiger partial charge on any atom is 0.263 e. The van der Waals surface area contributed by atoms with Crippen molar-refractivity contribution in [3.63, 3.8) is 0 Å². The highest BCUT2D eigenvalue weighted by Gasteiger charge is 2.79. The van der Waals surface area contributed by atoms with Gasteiger partial charge in [0.25, 0.3) is 23.1 Å². The molecule has 1 unspecified atom stereocenters. The van der Waals surface area contributed by atoms with Crippen molar-refractivity contribution in [2.24, 2.45) is 0 Å². The summed E-state index contributed by atoms with van der Waals surface area (Å²) in [4.78, 5) is 32.3. The minimum Gasteiger partial charge on any atom is -0.361 e. The van der Waals surface area contributed by atoms with Crippen LogP contribution in [0.1, 0.15) is 17.5 Å². The second kappa shape index (κ2) is 5.75. The van der Waals surface area contributed by atoms with Crippen molar-refractivity contribution in [1.82, 2.24) is 14.8 Å². The fourth-order valence-corrected chi connectivity index (χ4v) is 8.75. The lowest BCUT2D eigenvalue weighted by Gasteiger charge is -2.39. The van der Waals surface area contributed by atoms with Crippen molar-refractivity contribution in [1.29, 1.82) is 0 Å². The van der Waals surface area contributed by atoms with E-state index in [-0.39, 0.29) is 11.8 Å². The third-order valence-electron chi connectivity index (χ3n) is 7.44. The highest BCUT2D eigenvalue weighted by atomic mass is 32.2. The van der Waals surface area contributed by atoms with Crippen LogP contribution in [0.25, 0.3) is 10.9 Å². The van der Waals surface area contributed by atoms with E-state index in [1.165, 1.54) is 21.0 Å². The van der Waals surface area contributed by atoms with Crippen LogP contribution in [-0.4, -0.2) is 58.8 Å². The Morgan fingerprint density at radius 3 is 2.69 bits per heavy atom. The number of likely N-dealkylation sites (N-methyl/N-ethyl adjacent to an activating group) is 1. The number of benzene rings is 2. The summed E-state index contributed by atoms with van der Waals surface area (Å²) in [5.41, 5.74) is 2.49. The molecule has 0 radical (unpaired) electrons. The molecular formula is C22H18N4O4S2. The fourth-order valence-electron chi connectivity index (χ4n) is 6.28. The summed E-state index contributed by atoms with van der Waals surface area (Å²) in [5.74, 6) is -0.311. The minimum absolute atomic E-state index is 0.123. The quantitative estimate of drug-likeness (QED) is 0.565. The van der Waals surface area contributed by atoms with E-state index in [0.717, 1.165) is 22.0 Å². The lowest BCUT2D eigenvalue weighted by Crippen LogP contribution is -2.62. The number of nitrogens with zero attached hydrogens (tertiary/aromatic N) is 3. The molecule has 1 spiro atoms. The molecular weight excluding hydrogens is 448 g/mol. The number of aromatic nitrogens is 1. The molecule has 2 aromatic carbocycles. The Morgan fingerprint density at radius 2 is 1.88 bits per heavy atom. The van der Waals surface area contributed by atoms with Gasteiger partial charge in [-0.05, 0) is 23.3 Å². The van der Waals surface area contributed by atoms with Crippen molar-refractivity contribution in [2.75, 3.05) is 11.4 Å². The molecule has 162 valence electrons. The molecule has 8 nitrogen and oxygen atoms in total. The lowest BCUT2D eigenvalue weighted by molar-refractivity contribution is -0.154. The molecule has 3 aromatic rings. The monoisotopic (exact) mass is 466 g/mol. The number of fused-ring (bicyclic) bond motifs is 6. The first-order valence-corrected chi connectivity index (χ1v) is 12.2. The van der Waals surface area contributed by atoms with Crippen LogP contribution in [0.4, 0.5) is 5.69 Å². The summed E-state index contributed by atoms with van der Waals surface area (Å²) in [6.07, 6.45) is 1.48. The van der Waals surface area contributed by atoms with Gasteiger partial charge in [-0.1, -0.05) is 48.2 Å². The highest BCUT2D eigenvalue weighted by Crippen LogP contribution is 2.68. The number of hydrogen-bond donors (Lipinski definition) is 2. The summed E-state index contributed by atoms with van der Waals surface area (Å²) in [6.45, 7) is 0. The van der Waals surface area contributed by atoms with Crippen molar-refractivity contribution in [3.05, 3.63) is 65.9 Å². The zero-order chi connectivity index (χ0) is 22.0. The molecule has 1 aromatic heterocycles. The van der Waals surface area contributed by atoms with Crippen LogP contribution in [0.15, 0.2) is 54.7 Å². The molecule has 4 aliphatic heterocycles. The van der Waals surface area contributed by atoms with E-state index < -0.39 is 33.1 Å². The first-order chi connectivity index (χ1) is 15.4. The number of piperazine rings is 1. The van der Waals surface area contributed by atoms with Gasteiger partial charge in [0.1, 0.15) is 6.17 Å². The Morgan fingerprint density at radius 1 is 1.12 bits per heavy atom. The number of aromatic amines is 1. The molecule has 4 aliphatic rings. The first kappa shape index (κ1) is 18.7. The Kier molecular flexibility index (Phi) is 3.36. The topological polar surface area (TPSA) is 96.9 Å². The standard InChI is InChI=1S/C22H18N4O4S2/c1-24-18-17(27)25-19-21(11-22(25,31-18)20(24)28,14-10-23-15-8-4-2-6-12(14)15)13-7-3-5-9-16(13)26(19)32(29)30/h2-10,18-19,23H,11H2,1H3,(H,29,30)/t18-,19-,21+,22-/m0/s1. The van der Waals surface area contributed by atoms with Crippen molar-refractivity contribution in [3.8, 4) is 0 Å². The van der Waals surface area contributed by atoms with Gasteiger partial charge >= 0.3 is 0 Å². The third kappa shape index (κ3) is 1.82. The van der Waals surface area contributed by atoms with Crippen LogP contribution in [-0.2, 0) is 26.3 Å². The van der Waals surface area contributed by atoms with E-state index in [9.17, 15) is 18.4 Å². The lowest BCUT2D eigenvalue weighted by atomic mass is 9.72. The van der Waals surface area contributed by atoms with Crippen LogP contribution < -0.4 is 4.31 Å². The van der Waals surface area contributed by atoms with E-state index in [2.05, 4.69) is 4.98 Å². The van der Waals surface area contributed by atoms with E-state index in [1.54, 1.807) is 11.9 Å². The molecule has 0 saturated carbocycles. The van der Waals surface area contributed by atoms with Gasteiger partial charge in [0, 0.05) is 30.6 Å². The van der Waals surface area contributed by atoms with Gasteiger partial charge in [-0.2, -0.15) is 0 Å². The Bertz CT molecular complexity index is 1390. The fraction of sp³-hybridized carbons (Fsp3) is 0.273. The van der Waals surface area contributed by atoms with Crippen LogP contribution >= 0.6 is 11.8 Å². The van der Waals surface area contributed by atoms with Crippen molar-refractivity contribution < 1.29 is 18.4 Å². The predicted octanol–water partition coefficient (Wildman–Crippen LogP) is 2.21. The summed E-state index contributed by atoms with van der Waals surface area (Å²) in [5, 5.41) is 0.379. The summed E-state index contributed by atoms with van der Waals surface area (Å²) in [7, 11) is 1.66. The van der Waals surface area contributed by atoms with Crippen LogP contribution in [0.3, 0.4) is 0 Å². The minimum atomic E-state index is -2.39. The van der Waals surface area contributed by atoms with Gasteiger partial charge in [-0.25, -0.2) is 8.51 Å². The van der Waals surface area contributed by atoms with Crippen molar-refractivity contribution >= 4 is 51.4 Å². The number of para-hydroxylation sites is 2. The molecule has 0 aliphatic carbocycles. The summed E-state index contributed by atoms with van der Waals surface area (Å²) >= 11 is -1.03. The van der Waals surface area contributed by atoms with E-state index in [1.807, 2.05) is 54.7 Å². The van der Waals surface area contributed by atoms with Crippen LogP contribution in [0, 0.1) is 0 Å². The van der Waals surface area contributed by atoms with Gasteiger partial charge in [0.2, 0.25) is 0 Å². The molecule has 3 fully saturated rings. The Balaban J connectivity index is 1.59. The normalized spacial score (nSPS) is 33.2. The third-order valence-corrected chi connectivity index (χ3v) is 9.82. The summed E-state index contributed by atoms with van der Waals surface area (Å²) < 4.78 is 24.5. The molecule has 7 rings (SSSR count). The molecule has 3 saturated heterocycles.